The molecule has 1 aliphatic carbocycles. The summed E-state index contributed by atoms with van der Waals surface area (Å²) in [6.07, 6.45) is 2.70. The highest BCUT2D eigenvalue weighted by Gasteiger charge is 2.57. The number of benzene rings is 1. The second-order valence-electron chi connectivity index (χ2n) is 9.81. The van der Waals surface area contributed by atoms with Crippen molar-refractivity contribution in [3.8, 4) is 0 Å². The molecule has 6 atom stereocenters. The molecule has 0 bridgehead atoms. The van der Waals surface area contributed by atoms with Gasteiger partial charge in [-0.05, 0) is 33.6 Å². The van der Waals surface area contributed by atoms with Gasteiger partial charge in [-0.1, -0.05) is 49.6 Å². The van der Waals surface area contributed by atoms with E-state index in [1.807, 2.05) is 51.1 Å². The van der Waals surface area contributed by atoms with E-state index in [-0.39, 0.29) is 16.6 Å². The maximum Gasteiger partial charge on any atom is 0.280 e. The van der Waals surface area contributed by atoms with Crippen LogP contribution in [0.25, 0.3) is 0 Å². The molecule has 8 nitrogen and oxygen atoms in total. The van der Waals surface area contributed by atoms with Crippen LogP contribution in [-0.2, 0) is 18.9 Å². The Balaban J connectivity index is 1.59. The SMILES string of the molecule is CC(C)(C)N[C@H]1[C@@H]2OC(c3ccccc3)OC[C@H]2O[C@@H](OC2CCCCC2)[C@@H]1[N+](=O)[O-]. The molecule has 3 aliphatic rings. The van der Waals surface area contributed by atoms with Crippen molar-refractivity contribution in [2.45, 2.75) is 101 Å². The van der Waals surface area contributed by atoms with Crippen molar-refractivity contribution in [1.29, 1.82) is 0 Å². The molecule has 0 spiro atoms. The van der Waals surface area contributed by atoms with Crippen LogP contribution in [0.15, 0.2) is 30.3 Å². The molecule has 31 heavy (non-hydrogen) atoms. The summed E-state index contributed by atoms with van der Waals surface area (Å²) in [5.41, 5.74) is 0.536. The van der Waals surface area contributed by atoms with E-state index >= 15 is 0 Å². The number of hydrogen-bond donors (Lipinski definition) is 1. The first-order valence-electron chi connectivity index (χ1n) is 11.4. The number of nitrogens with one attached hydrogen (secondary N) is 1. The first kappa shape index (κ1) is 22.6. The number of nitro groups is 1. The predicted octanol–water partition coefficient (Wildman–Crippen LogP) is 3.58. The topological polar surface area (TPSA) is 92.1 Å². The molecule has 4 rings (SSSR count). The van der Waals surface area contributed by atoms with Gasteiger partial charge in [0.2, 0.25) is 6.29 Å². The van der Waals surface area contributed by atoms with E-state index < -0.39 is 36.9 Å². The minimum Gasteiger partial charge on any atom is -0.346 e. The third kappa shape index (κ3) is 5.43. The largest absolute Gasteiger partial charge is 0.346 e. The van der Waals surface area contributed by atoms with Crippen molar-refractivity contribution in [1.82, 2.24) is 5.32 Å². The molecule has 2 aliphatic heterocycles. The molecular weight excluding hydrogens is 400 g/mol. The van der Waals surface area contributed by atoms with Gasteiger partial charge in [0, 0.05) is 16.0 Å². The Bertz CT molecular complexity index is 733. The predicted molar refractivity (Wildman–Crippen MR) is 114 cm³/mol. The summed E-state index contributed by atoms with van der Waals surface area (Å²) in [5.74, 6) is 0. The lowest BCUT2D eigenvalue weighted by Gasteiger charge is -2.48. The van der Waals surface area contributed by atoms with Gasteiger partial charge < -0.3 is 24.3 Å². The Morgan fingerprint density at radius 1 is 1.10 bits per heavy atom. The zero-order valence-electron chi connectivity index (χ0n) is 18.6. The molecule has 2 saturated heterocycles. The van der Waals surface area contributed by atoms with Crippen LogP contribution in [0.1, 0.15) is 64.7 Å². The molecule has 1 unspecified atom stereocenters. The van der Waals surface area contributed by atoms with E-state index in [2.05, 4.69) is 5.32 Å². The summed E-state index contributed by atoms with van der Waals surface area (Å²) in [5, 5.41) is 15.7. The van der Waals surface area contributed by atoms with Crippen LogP contribution in [0, 0.1) is 10.1 Å². The minimum atomic E-state index is -1.07. The molecular formula is C23H34N2O6. The van der Waals surface area contributed by atoms with E-state index in [1.54, 1.807) is 0 Å². The van der Waals surface area contributed by atoms with Crippen molar-refractivity contribution in [2.24, 2.45) is 0 Å². The lowest BCUT2D eigenvalue weighted by Crippen LogP contribution is -2.70. The lowest BCUT2D eigenvalue weighted by atomic mass is 9.90. The average molecular weight is 435 g/mol. The number of fused-ring (bicyclic) bond motifs is 1. The van der Waals surface area contributed by atoms with Crippen LogP contribution in [0.5, 0.6) is 0 Å². The van der Waals surface area contributed by atoms with Crippen molar-refractivity contribution in [3.05, 3.63) is 46.0 Å². The molecule has 1 aromatic carbocycles. The van der Waals surface area contributed by atoms with Gasteiger partial charge in [-0.15, -0.1) is 0 Å². The van der Waals surface area contributed by atoms with Crippen molar-refractivity contribution >= 4 is 0 Å². The normalized spacial score (nSPS) is 34.8. The maximum absolute atomic E-state index is 12.2. The summed E-state index contributed by atoms with van der Waals surface area (Å²) < 4.78 is 24.6. The molecule has 1 saturated carbocycles. The molecule has 0 aromatic heterocycles. The van der Waals surface area contributed by atoms with Gasteiger partial charge in [-0.2, -0.15) is 0 Å². The van der Waals surface area contributed by atoms with Crippen LogP contribution in [0.3, 0.4) is 0 Å². The third-order valence-electron chi connectivity index (χ3n) is 6.16. The molecule has 172 valence electrons. The van der Waals surface area contributed by atoms with Crippen LogP contribution in [-0.4, -0.2) is 53.8 Å². The Labute approximate surface area is 183 Å². The number of rotatable bonds is 5. The second-order valence-corrected chi connectivity index (χ2v) is 9.81. The zero-order valence-corrected chi connectivity index (χ0v) is 18.6. The lowest BCUT2D eigenvalue weighted by molar-refractivity contribution is -0.571. The highest BCUT2D eigenvalue weighted by atomic mass is 16.8. The first-order valence-corrected chi connectivity index (χ1v) is 11.4. The highest BCUT2D eigenvalue weighted by molar-refractivity contribution is 5.17. The Kier molecular flexibility index (Phi) is 6.93. The van der Waals surface area contributed by atoms with Crippen LogP contribution < -0.4 is 5.32 Å². The summed E-state index contributed by atoms with van der Waals surface area (Å²) in [7, 11) is 0. The number of hydrogen-bond acceptors (Lipinski definition) is 7. The summed E-state index contributed by atoms with van der Waals surface area (Å²) in [6, 6.07) is 7.99. The molecule has 3 fully saturated rings. The van der Waals surface area contributed by atoms with Crippen molar-refractivity contribution in [3.63, 3.8) is 0 Å². The van der Waals surface area contributed by atoms with E-state index in [1.165, 1.54) is 6.42 Å². The smallest absolute Gasteiger partial charge is 0.280 e. The average Bonchev–Trinajstić information content (AvgIpc) is 2.73. The fourth-order valence-corrected chi connectivity index (χ4v) is 4.78. The second kappa shape index (κ2) is 9.50. The summed E-state index contributed by atoms with van der Waals surface area (Å²) in [6.45, 7) is 6.29. The summed E-state index contributed by atoms with van der Waals surface area (Å²) >= 11 is 0. The van der Waals surface area contributed by atoms with Crippen molar-refractivity contribution < 1.29 is 23.9 Å². The monoisotopic (exact) mass is 434 g/mol. The Morgan fingerprint density at radius 2 is 1.81 bits per heavy atom. The number of ether oxygens (including phenoxy) is 4. The van der Waals surface area contributed by atoms with E-state index in [9.17, 15) is 10.1 Å². The van der Waals surface area contributed by atoms with Gasteiger partial charge >= 0.3 is 0 Å². The summed E-state index contributed by atoms with van der Waals surface area (Å²) in [4.78, 5) is 12.0. The molecule has 1 aromatic rings. The highest BCUT2D eigenvalue weighted by Crippen LogP contribution is 2.37. The fourth-order valence-electron chi connectivity index (χ4n) is 4.78. The first-order chi connectivity index (χ1) is 14.8. The number of nitrogens with zero attached hydrogens (tertiary/aromatic N) is 1. The Hall–Kier alpha value is -1.58. The fraction of sp³-hybridized carbons (Fsp3) is 0.739. The van der Waals surface area contributed by atoms with E-state index in [4.69, 9.17) is 18.9 Å². The van der Waals surface area contributed by atoms with Crippen LogP contribution >= 0.6 is 0 Å². The van der Waals surface area contributed by atoms with Gasteiger partial charge in [0.15, 0.2) is 6.29 Å². The van der Waals surface area contributed by atoms with E-state index in [0.717, 1.165) is 31.2 Å². The quantitative estimate of drug-likeness (QED) is 0.559. The minimum absolute atomic E-state index is 0.00414. The molecule has 8 heteroatoms. The molecule has 0 radical (unpaired) electrons. The zero-order chi connectivity index (χ0) is 22.0. The van der Waals surface area contributed by atoms with Gasteiger partial charge in [0.25, 0.3) is 6.04 Å². The Morgan fingerprint density at radius 3 is 2.45 bits per heavy atom. The molecule has 0 amide bonds. The van der Waals surface area contributed by atoms with Gasteiger partial charge in [-0.25, -0.2) is 0 Å². The maximum atomic E-state index is 12.2. The van der Waals surface area contributed by atoms with Crippen LogP contribution in [0.4, 0.5) is 0 Å². The van der Waals surface area contributed by atoms with Crippen molar-refractivity contribution in [2.75, 3.05) is 6.61 Å². The molecule has 2 heterocycles. The van der Waals surface area contributed by atoms with Gasteiger partial charge in [-0.3, -0.25) is 10.1 Å². The van der Waals surface area contributed by atoms with Gasteiger partial charge in [0.05, 0.1) is 12.7 Å². The molecule has 1 N–H and O–H groups in total. The standard InChI is InChI=1S/C23H34N2O6/c1-23(2,3)24-18-19(25(26)27)22(29-16-12-8-5-9-13-16)30-17-14-28-21(31-20(17)18)15-10-6-4-7-11-15/h4,6-7,10-11,16-22,24H,5,8-9,12-14H2,1-3H3/t17-,18-,19-,20-,21?,22-/m1/s1. The third-order valence-corrected chi connectivity index (χ3v) is 6.16. The van der Waals surface area contributed by atoms with Gasteiger partial charge in [0.1, 0.15) is 18.2 Å². The van der Waals surface area contributed by atoms with Crippen LogP contribution in [0.2, 0.25) is 0 Å². The van der Waals surface area contributed by atoms with E-state index in [0.29, 0.717) is 6.61 Å².